The molecule has 19 heavy (non-hydrogen) atoms. The number of fused-ring (bicyclic) bond motifs is 1. The smallest absolute Gasteiger partial charge is 0.258 e. The van der Waals surface area contributed by atoms with Gasteiger partial charge in [-0.05, 0) is 0 Å². The van der Waals surface area contributed by atoms with Gasteiger partial charge in [0, 0.05) is 38.6 Å². The Kier molecular flexibility index (Phi) is 3.14. The maximum absolute atomic E-state index is 12.6. The average molecular weight is 260 g/mol. The molecular formula is C12H16N6O. The van der Waals surface area contributed by atoms with Crippen molar-refractivity contribution in [2.24, 2.45) is 5.73 Å². The molecule has 0 aromatic carbocycles. The first kappa shape index (κ1) is 12.1. The number of carbonyl (C=O) groups excluding carboxylic acids is 1. The number of nitrogens with one attached hydrogen (secondary N) is 1. The van der Waals surface area contributed by atoms with Crippen LogP contribution in [0.25, 0.3) is 5.52 Å². The Bertz CT molecular complexity index is 595. The first-order chi connectivity index (χ1) is 9.31. The van der Waals surface area contributed by atoms with Gasteiger partial charge in [0.2, 0.25) is 0 Å². The number of carbonyl (C=O) groups is 1. The Labute approximate surface area is 110 Å². The van der Waals surface area contributed by atoms with Gasteiger partial charge in [-0.15, -0.1) is 0 Å². The van der Waals surface area contributed by atoms with Crippen LogP contribution in [-0.4, -0.2) is 57.6 Å². The highest BCUT2D eigenvalue weighted by molar-refractivity contribution is 6.00. The first-order valence-electron chi connectivity index (χ1n) is 6.30. The third kappa shape index (κ3) is 2.06. The van der Waals surface area contributed by atoms with Crippen molar-refractivity contribution in [3.05, 3.63) is 30.4 Å². The molecule has 3 heterocycles. The van der Waals surface area contributed by atoms with Crippen LogP contribution in [-0.2, 0) is 0 Å². The molecule has 1 atom stereocenters. The van der Waals surface area contributed by atoms with Crippen molar-refractivity contribution < 1.29 is 4.79 Å². The molecule has 2 aromatic heterocycles. The summed E-state index contributed by atoms with van der Waals surface area (Å²) in [6.45, 7) is 2.65. The second-order valence-corrected chi connectivity index (χ2v) is 4.56. The van der Waals surface area contributed by atoms with Gasteiger partial charge in [-0.2, -0.15) is 5.10 Å². The van der Waals surface area contributed by atoms with E-state index in [1.807, 2.05) is 4.90 Å². The lowest BCUT2D eigenvalue weighted by Crippen LogP contribution is -2.56. The zero-order chi connectivity index (χ0) is 13.2. The molecule has 0 bridgehead atoms. The van der Waals surface area contributed by atoms with Crippen LogP contribution in [0, 0.1) is 0 Å². The predicted molar refractivity (Wildman–Crippen MR) is 69.7 cm³/mol. The zero-order valence-corrected chi connectivity index (χ0v) is 10.5. The summed E-state index contributed by atoms with van der Waals surface area (Å²) in [4.78, 5) is 18.5. The molecule has 0 radical (unpaired) electrons. The van der Waals surface area contributed by atoms with Gasteiger partial charge >= 0.3 is 0 Å². The molecule has 1 aliphatic heterocycles. The zero-order valence-electron chi connectivity index (χ0n) is 10.5. The van der Waals surface area contributed by atoms with E-state index in [-0.39, 0.29) is 11.9 Å². The molecule has 1 amide bonds. The number of amides is 1. The topological polar surface area (TPSA) is 88.5 Å². The van der Waals surface area contributed by atoms with Gasteiger partial charge in [0.1, 0.15) is 0 Å². The lowest BCUT2D eigenvalue weighted by Gasteiger charge is -2.35. The highest BCUT2D eigenvalue weighted by Crippen LogP contribution is 2.14. The third-order valence-corrected chi connectivity index (χ3v) is 3.44. The second-order valence-electron chi connectivity index (χ2n) is 4.56. The van der Waals surface area contributed by atoms with Gasteiger partial charge in [-0.25, -0.2) is 4.52 Å². The SMILES string of the molecule is NCC1CNCCN1C(=O)c1cnn2ccncc12. The molecule has 3 rings (SSSR count). The van der Waals surface area contributed by atoms with Gasteiger partial charge in [0.25, 0.3) is 5.91 Å². The van der Waals surface area contributed by atoms with Gasteiger partial charge in [0.05, 0.1) is 29.5 Å². The summed E-state index contributed by atoms with van der Waals surface area (Å²) < 4.78 is 1.65. The van der Waals surface area contributed by atoms with Crippen molar-refractivity contribution in [1.82, 2.24) is 24.8 Å². The first-order valence-corrected chi connectivity index (χ1v) is 6.30. The Morgan fingerprint density at radius 1 is 1.53 bits per heavy atom. The molecule has 7 heteroatoms. The predicted octanol–water partition coefficient (Wildman–Crippen LogP) is -0.898. The van der Waals surface area contributed by atoms with E-state index < -0.39 is 0 Å². The van der Waals surface area contributed by atoms with Crippen molar-refractivity contribution in [3.63, 3.8) is 0 Å². The molecule has 1 aliphatic rings. The summed E-state index contributed by atoms with van der Waals surface area (Å²) in [6.07, 6.45) is 6.61. The van der Waals surface area contributed by atoms with Gasteiger partial charge in [0.15, 0.2) is 0 Å². The van der Waals surface area contributed by atoms with Crippen molar-refractivity contribution in [2.75, 3.05) is 26.2 Å². The lowest BCUT2D eigenvalue weighted by molar-refractivity contribution is 0.0646. The molecule has 7 nitrogen and oxygen atoms in total. The van der Waals surface area contributed by atoms with E-state index in [2.05, 4.69) is 15.4 Å². The standard InChI is InChI=1S/C12H16N6O/c13-5-9-6-14-1-3-17(9)12(19)10-7-16-18-4-2-15-8-11(10)18/h2,4,7-9,14H,1,3,5-6,13H2. The largest absolute Gasteiger partial charge is 0.332 e. The fraction of sp³-hybridized carbons (Fsp3) is 0.417. The van der Waals surface area contributed by atoms with Gasteiger partial charge in [-0.1, -0.05) is 0 Å². The number of hydrogen-bond donors (Lipinski definition) is 2. The van der Waals surface area contributed by atoms with Crippen LogP contribution < -0.4 is 11.1 Å². The van der Waals surface area contributed by atoms with E-state index >= 15 is 0 Å². The van der Waals surface area contributed by atoms with Crippen LogP contribution in [0.4, 0.5) is 0 Å². The normalized spacial score (nSPS) is 19.8. The quantitative estimate of drug-likeness (QED) is 0.730. The van der Waals surface area contributed by atoms with Crippen molar-refractivity contribution in [1.29, 1.82) is 0 Å². The molecule has 1 unspecified atom stereocenters. The Morgan fingerprint density at radius 3 is 3.26 bits per heavy atom. The summed E-state index contributed by atoms with van der Waals surface area (Å²) in [6, 6.07) is 0.0351. The van der Waals surface area contributed by atoms with Gasteiger partial charge < -0.3 is 16.0 Å². The molecule has 1 fully saturated rings. The second kappa shape index (κ2) is 4.94. The average Bonchev–Trinajstić information content (AvgIpc) is 2.90. The molecule has 2 aromatic rings. The van der Waals surface area contributed by atoms with Gasteiger partial charge in [-0.3, -0.25) is 9.78 Å². The van der Waals surface area contributed by atoms with Crippen LogP contribution in [0.5, 0.6) is 0 Å². The van der Waals surface area contributed by atoms with E-state index in [0.29, 0.717) is 18.7 Å². The highest BCUT2D eigenvalue weighted by atomic mass is 16.2. The summed E-state index contributed by atoms with van der Waals surface area (Å²) in [5.74, 6) is -0.0278. The molecular weight excluding hydrogens is 244 g/mol. The van der Waals surface area contributed by atoms with E-state index in [1.165, 1.54) is 0 Å². The summed E-state index contributed by atoms with van der Waals surface area (Å²) >= 11 is 0. The minimum atomic E-state index is -0.0278. The Hall–Kier alpha value is -1.99. The molecule has 0 saturated carbocycles. The maximum atomic E-state index is 12.6. The fourth-order valence-electron chi connectivity index (χ4n) is 2.39. The number of aromatic nitrogens is 3. The summed E-state index contributed by atoms with van der Waals surface area (Å²) in [7, 11) is 0. The van der Waals surface area contributed by atoms with E-state index in [1.54, 1.807) is 29.3 Å². The van der Waals surface area contributed by atoms with Crippen LogP contribution >= 0.6 is 0 Å². The number of hydrogen-bond acceptors (Lipinski definition) is 5. The number of nitrogens with zero attached hydrogens (tertiary/aromatic N) is 4. The Balaban J connectivity index is 1.94. The molecule has 100 valence electrons. The van der Waals surface area contributed by atoms with Crippen molar-refractivity contribution >= 4 is 11.4 Å². The fourth-order valence-corrected chi connectivity index (χ4v) is 2.39. The molecule has 1 saturated heterocycles. The number of rotatable bonds is 2. The van der Waals surface area contributed by atoms with Crippen molar-refractivity contribution in [3.8, 4) is 0 Å². The van der Waals surface area contributed by atoms with E-state index in [0.717, 1.165) is 18.6 Å². The van der Waals surface area contributed by atoms with Crippen LogP contribution in [0.2, 0.25) is 0 Å². The van der Waals surface area contributed by atoms with Crippen molar-refractivity contribution in [2.45, 2.75) is 6.04 Å². The van der Waals surface area contributed by atoms with E-state index in [4.69, 9.17) is 5.73 Å². The lowest BCUT2D eigenvalue weighted by atomic mass is 10.1. The summed E-state index contributed by atoms with van der Waals surface area (Å²) in [5.41, 5.74) is 7.03. The number of nitrogens with two attached hydrogens (primary N) is 1. The Morgan fingerprint density at radius 2 is 2.42 bits per heavy atom. The maximum Gasteiger partial charge on any atom is 0.258 e. The summed E-state index contributed by atoms with van der Waals surface area (Å²) in [5, 5.41) is 7.41. The number of piperazine rings is 1. The third-order valence-electron chi connectivity index (χ3n) is 3.44. The molecule has 0 spiro atoms. The van der Waals surface area contributed by atoms with E-state index in [9.17, 15) is 4.79 Å². The monoisotopic (exact) mass is 260 g/mol. The van der Waals surface area contributed by atoms with Crippen LogP contribution in [0.3, 0.4) is 0 Å². The minimum Gasteiger partial charge on any atom is -0.332 e. The highest BCUT2D eigenvalue weighted by Gasteiger charge is 2.28. The molecule has 3 N–H and O–H groups in total. The van der Waals surface area contributed by atoms with Crippen LogP contribution in [0.15, 0.2) is 24.8 Å². The molecule has 0 aliphatic carbocycles. The minimum absolute atomic E-state index is 0.0278. The van der Waals surface area contributed by atoms with Crippen LogP contribution in [0.1, 0.15) is 10.4 Å².